The summed E-state index contributed by atoms with van der Waals surface area (Å²) >= 11 is 0. The van der Waals surface area contributed by atoms with E-state index >= 15 is 0 Å². The van der Waals surface area contributed by atoms with Gasteiger partial charge in [0.15, 0.2) is 0 Å². The molecule has 1 aliphatic rings. The van der Waals surface area contributed by atoms with Crippen molar-refractivity contribution in [3.8, 4) is 5.75 Å². The molecule has 0 radical (unpaired) electrons. The summed E-state index contributed by atoms with van der Waals surface area (Å²) in [5.74, 6) is -4.46. The number of benzene rings is 2. The van der Waals surface area contributed by atoms with Gasteiger partial charge in [-0.15, -0.1) is 0 Å². The maximum Gasteiger partial charge on any atom is 0.343 e. The molecule has 2 heterocycles. The molecule has 1 aromatic heterocycles. The van der Waals surface area contributed by atoms with Crippen molar-refractivity contribution in [3.05, 3.63) is 75.6 Å². The van der Waals surface area contributed by atoms with Crippen LogP contribution in [0.5, 0.6) is 5.75 Å². The van der Waals surface area contributed by atoms with Gasteiger partial charge >= 0.3 is 11.7 Å². The van der Waals surface area contributed by atoms with Gasteiger partial charge in [-0.2, -0.15) is 0 Å². The molecule has 158 valence electrons. The third-order valence-electron chi connectivity index (χ3n) is 5.67. The van der Waals surface area contributed by atoms with E-state index in [9.17, 15) is 24.3 Å². The Morgan fingerprint density at radius 1 is 0.903 bits per heavy atom. The summed E-state index contributed by atoms with van der Waals surface area (Å²) in [6.45, 7) is 1.87. The van der Waals surface area contributed by atoms with Crippen molar-refractivity contribution in [2.24, 2.45) is 5.92 Å². The first-order valence-corrected chi connectivity index (χ1v) is 9.62. The number of aryl methyl sites for hydroxylation is 1. The van der Waals surface area contributed by atoms with Crippen molar-refractivity contribution in [2.75, 3.05) is 14.1 Å². The predicted molar refractivity (Wildman–Crippen MR) is 112 cm³/mol. The average Bonchev–Trinajstić information content (AvgIpc) is 2.76. The third-order valence-corrected chi connectivity index (χ3v) is 5.67. The Bertz CT molecular complexity index is 1250. The van der Waals surface area contributed by atoms with Gasteiger partial charge in [0.25, 0.3) is 0 Å². The number of barbiturate groups is 1. The average molecular weight is 420 g/mol. The Labute approximate surface area is 177 Å². The maximum atomic E-state index is 13.1. The fourth-order valence-corrected chi connectivity index (χ4v) is 3.94. The minimum absolute atomic E-state index is 0.183. The predicted octanol–water partition coefficient (Wildman–Crippen LogP) is 2.61. The largest absolute Gasteiger partial charge is 0.507 e. The summed E-state index contributed by atoms with van der Waals surface area (Å²) < 4.78 is 5.40. The highest BCUT2D eigenvalue weighted by molar-refractivity contribution is 6.16. The Kier molecular flexibility index (Phi) is 4.85. The van der Waals surface area contributed by atoms with Crippen LogP contribution in [0.2, 0.25) is 0 Å². The second-order valence-electron chi connectivity index (χ2n) is 7.59. The van der Waals surface area contributed by atoms with Crippen LogP contribution in [0.15, 0.2) is 57.7 Å². The lowest BCUT2D eigenvalue weighted by molar-refractivity contribution is -0.148. The third kappa shape index (κ3) is 3.16. The molecule has 0 saturated carbocycles. The molecular weight excluding hydrogens is 400 g/mol. The number of para-hydroxylation sites is 1. The van der Waals surface area contributed by atoms with E-state index in [0.717, 1.165) is 15.4 Å². The summed E-state index contributed by atoms with van der Waals surface area (Å²) in [6, 6.07) is 12.6. The fraction of sp³-hybridized carbons (Fsp3) is 0.217. The molecule has 1 N–H and O–H groups in total. The smallest absolute Gasteiger partial charge is 0.343 e. The molecule has 1 atom stereocenters. The van der Waals surface area contributed by atoms with Crippen LogP contribution in [-0.4, -0.2) is 46.8 Å². The maximum absolute atomic E-state index is 13.1. The van der Waals surface area contributed by atoms with E-state index < -0.39 is 35.3 Å². The molecule has 1 saturated heterocycles. The topological polar surface area (TPSA) is 108 Å². The normalized spacial score (nSPS) is 16.3. The lowest BCUT2D eigenvalue weighted by atomic mass is 9.78. The monoisotopic (exact) mass is 420 g/mol. The zero-order valence-corrected chi connectivity index (χ0v) is 17.2. The number of amides is 4. The highest BCUT2D eigenvalue weighted by atomic mass is 16.4. The summed E-state index contributed by atoms with van der Waals surface area (Å²) in [5.41, 5.74) is 0.520. The molecule has 4 rings (SSSR count). The minimum Gasteiger partial charge on any atom is -0.507 e. The van der Waals surface area contributed by atoms with Crippen LogP contribution in [0.4, 0.5) is 4.79 Å². The van der Waals surface area contributed by atoms with Crippen LogP contribution in [0.25, 0.3) is 11.0 Å². The number of rotatable bonds is 3. The second-order valence-corrected chi connectivity index (χ2v) is 7.59. The molecule has 0 bridgehead atoms. The van der Waals surface area contributed by atoms with Crippen molar-refractivity contribution < 1.29 is 23.9 Å². The zero-order chi connectivity index (χ0) is 22.4. The van der Waals surface area contributed by atoms with Crippen molar-refractivity contribution in [1.82, 2.24) is 9.80 Å². The number of aromatic hydroxyl groups is 1. The van der Waals surface area contributed by atoms with Crippen LogP contribution >= 0.6 is 0 Å². The molecule has 4 amide bonds. The summed E-state index contributed by atoms with van der Waals surface area (Å²) in [5, 5.41) is 11.3. The van der Waals surface area contributed by atoms with Gasteiger partial charge in [-0.05, 0) is 24.6 Å². The van der Waals surface area contributed by atoms with Crippen LogP contribution in [0, 0.1) is 12.8 Å². The molecule has 8 heteroatoms. The van der Waals surface area contributed by atoms with E-state index in [4.69, 9.17) is 4.42 Å². The Morgan fingerprint density at radius 2 is 1.48 bits per heavy atom. The van der Waals surface area contributed by atoms with Gasteiger partial charge in [0.05, 0.1) is 10.9 Å². The molecule has 8 nitrogen and oxygen atoms in total. The molecule has 3 aromatic rings. The Morgan fingerprint density at radius 3 is 2.10 bits per heavy atom. The summed E-state index contributed by atoms with van der Waals surface area (Å²) in [6.07, 6.45) is 0. The van der Waals surface area contributed by atoms with E-state index in [1.807, 2.05) is 6.92 Å². The fourth-order valence-electron chi connectivity index (χ4n) is 3.94. The van der Waals surface area contributed by atoms with E-state index in [1.54, 1.807) is 42.5 Å². The number of imide groups is 2. The molecule has 0 spiro atoms. The highest BCUT2D eigenvalue weighted by Crippen LogP contribution is 2.41. The van der Waals surface area contributed by atoms with E-state index in [0.29, 0.717) is 5.56 Å². The molecule has 1 aliphatic heterocycles. The van der Waals surface area contributed by atoms with Crippen LogP contribution in [-0.2, 0) is 9.59 Å². The van der Waals surface area contributed by atoms with Crippen molar-refractivity contribution in [3.63, 3.8) is 0 Å². The molecule has 0 aliphatic carbocycles. The van der Waals surface area contributed by atoms with Gasteiger partial charge in [0, 0.05) is 20.0 Å². The van der Waals surface area contributed by atoms with Crippen molar-refractivity contribution in [1.29, 1.82) is 0 Å². The molecule has 2 aromatic carbocycles. The van der Waals surface area contributed by atoms with Gasteiger partial charge in [-0.25, -0.2) is 9.59 Å². The van der Waals surface area contributed by atoms with Gasteiger partial charge < -0.3 is 9.52 Å². The first-order chi connectivity index (χ1) is 14.7. The standard InChI is InChI=1S/C23H20N2O6/c1-12-8-10-13(11-9-12)16(18-20(27)24(2)23(30)25(3)21(18)28)17-19(26)14-6-4-5-7-15(14)31-22(17)29/h4-11,16,18,26H,1-3H3. The van der Waals surface area contributed by atoms with Crippen molar-refractivity contribution >= 4 is 28.8 Å². The van der Waals surface area contributed by atoms with Gasteiger partial charge in [0.2, 0.25) is 11.8 Å². The lowest BCUT2D eigenvalue weighted by Crippen LogP contribution is -2.58. The first kappa shape index (κ1) is 20.3. The van der Waals surface area contributed by atoms with E-state index in [1.165, 1.54) is 20.2 Å². The minimum atomic E-state index is -1.43. The van der Waals surface area contributed by atoms with Gasteiger partial charge in [0.1, 0.15) is 17.3 Å². The number of hydrogen-bond acceptors (Lipinski definition) is 6. The summed E-state index contributed by atoms with van der Waals surface area (Å²) in [7, 11) is 2.55. The summed E-state index contributed by atoms with van der Waals surface area (Å²) in [4.78, 5) is 53.0. The number of urea groups is 1. The van der Waals surface area contributed by atoms with Gasteiger partial charge in [-0.3, -0.25) is 19.4 Å². The lowest BCUT2D eigenvalue weighted by Gasteiger charge is -2.36. The number of carbonyl (C=O) groups excluding carboxylic acids is 3. The van der Waals surface area contributed by atoms with Crippen molar-refractivity contribution in [2.45, 2.75) is 12.8 Å². The Hall–Kier alpha value is -3.94. The van der Waals surface area contributed by atoms with Crippen LogP contribution < -0.4 is 5.63 Å². The molecular formula is C23H20N2O6. The second kappa shape index (κ2) is 7.39. The number of hydrogen-bond donors (Lipinski definition) is 1. The van der Waals surface area contributed by atoms with E-state index in [2.05, 4.69) is 0 Å². The quantitative estimate of drug-likeness (QED) is 0.515. The number of carbonyl (C=O) groups is 3. The zero-order valence-electron chi connectivity index (χ0n) is 17.2. The number of fused-ring (bicyclic) bond motifs is 1. The number of nitrogens with zero attached hydrogens (tertiary/aromatic N) is 2. The highest BCUT2D eigenvalue weighted by Gasteiger charge is 2.49. The SMILES string of the molecule is Cc1ccc(C(c2c(O)c3ccccc3oc2=O)C2C(=O)N(C)C(=O)N(C)C2=O)cc1. The molecule has 1 fully saturated rings. The van der Waals surface area contributed by atoms with E-state index in [-0.39, 0.29) is 22.3 Å². The Balaban J connectivity index is 2.02. The van der Waals surface area contributed by atoms with Crippen LogP contribution in [0.3, 0.4) is 0 Å². The van der Waals surface area contributed by atoms with Crippen LogP contribution in [0.1, 0.15) is 22.6 Å². The molecule has 1 unspecified atom stereocenters. The molecule has 31 heavy (non-hydrogen) atoms. The van der Waals surface area contributed by atoms with Gasteiger partial charge in [-0.1, -0.05) is 42.0 Å². The first-order valence-electron chi connectivity index (χ1n) is 9.62.